The summed E-state index contributed by atoms with van der Waals surface area (Å²) in [5.41, 5.74) is 5.69. The molecule has 6 nitrogen and oxygen atoms in total. The Morgan fingerprint density at radius 3 is 2.47 bits per heavy atom. The number of primary amides is 1. The molecule has 0 bridgehead atoms. The summed E-state index contributed by atoms with van der Waals surface area (Å²) in [5, 5.41) is -0.609. The first-order chi connectivity index (χ1) is 15.3. The monoisotopic (exact) mass is 501 g/mol. The molecule has 32 heavy (non-hydrogen) atoms. The van der Waals surface area contributed by atoms with Crippen molar-refractivity contribution in [1.29, 1.82) is 0 Å². The van der Waals surface area contributed by atoms with Crippen molar-refractivity contribution in [2.45, 2.75) is 73.1 Å². The molecule has 2 aliphatic rings. The molecule has 1 aliphatic carbocycles. The van der Waals surface area contributed by atoms with E-state index >= 15 is 0 Å². The van der Waals surface area contributed by atoms with Crippen LogP contribution in [0.15, 0.2) is 29.2 Å². The number of rotatable bonds is 11. The predicted octanol–water partition coefficient (Wildman–Crippen LogP) is 4.96. The first-order valence-corrected chi connectivity index (χ1v) is 16.5. The second-order valence-corrected chi connectivity index (χ2v) is 16.5. The van der Waals surface area contributed by atoms with E-state index in [1.807, 2.05) is 24.3 Å². The van der Waals surface area contributed by atoms with Crippen LogP contribution in [-0.4, -0.2) is 52.8 Å². The fourth-order valence-corrected chi connectivity index (χ4v) is 11.3. The molecule has 2 N–H and O–H groups in total. The Bertz CT molecular complexity index is 820. The predicted molar refractivity (Wildman–Crippen MR) is 132 cm³/mol. The molecule has 180 valence electrons. The van der Waals surface area contributed by atoms with E-state index in [2.05, 4.69) is 0 Å². The fraction of sp³-hybridized carbons (Fsp3) is 0.696. The average Bonchev–Trinajstić information content (AvgIpc) is 2.80. The normalized spacial score (nSPS) is 22.0. The van der Waals surface area contributed by atoms with Gasteiger partial charge in [0.25, 0.3) is 0 Å². The van der Waals surface area contributed by atoms with E-state index in [1.54, 1.807) is 6.66 Å². The molecule has 0 radical (unpaired) electrons. The number of nitrogens with two attached hydrogens (primary N) is 1. The molecule has 3 rings (SSSR count). The number of amides is 1. The van der Waals surface area contributed by atoms with E-state index in [9.17, 15) is 13.6 Å². The molecule has 1 aromatic carbocycles. The van der Waals surface area contributed by atoms with Gasteiger partial charge >= 0.3 is 0 Å². The van der Waals surface area contributed by atoms with Gasteiger partial charge in [-0.25, -0.2) is 0 Å². The standard InChI is InChI=1S/C23H36NO5PS2/c1-30(26,23(22(24)25)13-16-28-17-14-23)31-20-11-9-19(10-12-20)29-15-5-6-18-32(27)21-7-3-2-4-8-21/h9-12,21H,2-8,13-18H2,1H3,(H2,24,25). The highest BCUT2D eigenvalue weighted by atomic mass is 32.7. The Hall–Kier alpha value is -0.820. The minimum Gasteiger partial charge on any atom is -0.494 e. The summed E-state index contributed by atoms with van der Waals surface area (Å²) in [6.45, 7) is 3.06. The third kappa shape index (κ3) is 6.62. The van der Waals surface area contributed by atoms with Gasteiger partial charge in [0.2, 0.25) is 5.91 Å². The van der Waals surface area contributed by atoms with Crippen LogP contribution in [0.1, 0.15) is 57.8 Å². The van der Waals surface area contributed by atoms with Gasteiger partial charge < -0.3 is 19.8 Å². The number of benzene rings is 1. The highest BCUT2D eigenvalue weighted by molar-refractivity contribution is 8.58. The Kier molecular flexibility index (Phi) is 9.71. The maximum absolute atomic E-state index is 13.6. The van der Waals surface area contributed by atoms with E-state index in [0.717, 1.165) is 42.1 Å². The number of hydrogen-bond acceptors (Lipinski definition) is 6. The van der Waals surface area contributed by atoms with Crippen molar-refractivity contribution in [2.75, 3.05) is 32.2 Å². The summed E-state index contributed by atoms with van der Waals surface area (Å²) in [7, 11) is -0.702. The topological polar surface area (TPSA) is 95.7 Å². The Balaban J connectivity index is 1.44. The maximum atomic E-state index is 13.6. The van der Waals surface area contributed by atoms with Crippen LogP contribution < -0.4 is 10.5 Å². The molecule has 1 aromatic rings. The number of ether oxygens (including phenoxy) is 2. The van der Waals surface area contributed by atoms with Gasteiger partial charge in [0.1, 0.15) is 10.9 Å². The quantitative estimate of drug-likeness (QED) is 0.340. The van der Waals surface area contributed by atoms with E-state index in [4.69, 9.17) is 15.2 Å². The van der Waals surface area contributed by atoms with Gasteiger partial charge in [-0.3, -0.25) is 9.00 Å². The smallest absolute Gasteiger partial charge is 0.232 e. The lowest BCUT2D eigenvalue weighted by Crippen LogP contribution is -2.47. The lowest BCUT2D eigenvalue weighted by molar-refractivity contribution is -0.122. The van der Waals surface area contributed by atoms with Crippen molar-refractivity contribution in [3.8, 4) is 5.75 Å². The summed E-state index contributed by atoms with van der Waals surface area (Å²) < 4.78 is 37.1. The summed E-state index contributed by atoms with van der Waals surface area (Å²) in [5.74, 6) is 1.02. The second-order valence-electron chi connectivity index (χ2n) is 8.82. The van der Waals surface area contributed by atoms with Crippen molar-refractivity contribution in [3.05, 3.63) is 24.3 Å². The molecule has 1 aliphatic heterocycles. The zero-order valence-corrected chi connectivity index (χ0v) is 21.5. The molecular weight excluding hydrogens is 465 g/mol. The van der Waals surface area contributed by atoms with Crippen LogP contribution in [0.4, 0.5) is 0 Å². The van der Waals surface area contributed by atoms with E-state index in [0.29, 0.717) is 37.9 Å². The van der Waals surface area contributed by atoms with Crippen molar-refractivity contribution >= 4 is 34.4 Å². The van der Waals surface area contributed by atoms with Crippen molar-refractivity contribution < 1.29 is 23.0 Å². The Labute approximate surface area is 198 Å². The SMILES string of the molecule is CP(=O)(Sc1ccc(OCCCCS(=O)C2CCCCC2)cc1)C1(C(N)=O)CCOCC1. The molecule has 1 amide bonds. The number of hydrogen-bond donors (Lipinski definition) is 1. The number of unbranched alkanes of at least 4 members (excludes halogenated alkanes) is 1. The number of carbonyl (C=O) groups excluding carboxylic acids is 1. The lowest BCUT2D eigenvalue weighted by Gasteiger charge is -2.38. The zero-order valence-electron chi connectivity index (χ0n) is 19.0. The summed E-state index contributed by atoms with van der Waals surface area (Å²) >= 11 is 1.25. The van der Waals surface area contributed by atoms with Crippen LogP contribution in [0.3, 0.4) is 0 Å². The molecule has 1 heterocycles. The molecule has 9 heteroatoms. The Morgan fingerprint density at radius 1 is 1.19 bits per heavy atom. The molecular formula is C23H36NO5PS2. The Morgan fingerprint density at radius 2 is 1.84 bits per heavy atom. The van der Waals surface area contributed by atoms with Crippen LogP contribution in [0.2, 0.25) is 0 Å². The minimum atomic E-state index is -2.95. The molecule has 1 saturated heterocycles. The molecule has 2 atom stereocenters. The largest absolute Gasteiger partial charge is 0.494 e. The minimum absolute atomic E-state index is 0.399. The molecule has 2 fully saturated rings. The van der Waals surface area contributed by atoms with Crippen molar-refractivity contribution in [1.82, 2.24) is 0 Å². The maximum Gasteiger partial charge on any atom is 0.232 e. The highest BCUT2D eigenvalue weighted by Crippen LogP contribution is 2.70. The first kappa shape index (κ1) is 25.8. The highest BCUT2D eigenvalue weighted by Gasteiger charge is 2.51. The van der Waals surface area contributed by atoms with Crippen molar-refractivity contribution in [3.63, 3.8) is 0 Å². The van der Waals surface area contributed by atoms with Gasteiger partial charge in [-0.15, -0.1) is 0 Å². The molecule has 2 unspecified atom stereocenters. The van der Waals surface area contributed by atoms with E-state index in [1.165, 1.54) is 30.6 Å². The van der Waals surface area contributed by atoms with Crippen LogP contribution in [0, 0.1) is 0 Å². The van der Waals surface area contributed by atoms with E-state index < -0.39 is 28.2 Å². The first-order valence-electron chi connectivity index (χ1n) is 11.6. The number of carbonyl (C=O) groups is 1. The van der Waals surface area contributed by atoms with E-state index in [-0.39, 0.29) is 0 Å². The van der Waals surface area contributed by atoms with Gasteiger partial charge in [-0.05, 0) is 69.5 Å². The van der Waals surface area contributed by atoms with Gasteiger partial charge in [0.15, 0.2) is 6.34 Å². The molecule has 0 spiro atoms. The van der Waals surface area contributed by atoms with Crippen LogP contribution in [-0.2, 0) is 24.9 Å². The van der Waals surface area contributed by atoms with Crippen LogP contribution >= 0.6 is 17.7 Å². The molecule has 1 saturated carbocycles. The van der Waals surface area contributed by atoms with Crippen molar-refractivity contribution in [2.24, 2.45) is 5.73 Å². The summed E-state index contributed by atoms with van der Waals surface area (Å²) in [6, 6.07) is 7.48. The van der Waals surface area contributed by atoms with Gasteiger partial charge in [0, 0.05) is 39.9 Å². The summed E-state index contributed by atoms with van der Waals surface area (Å²) in [6.07, 6.45) is 5.60. The summed E-state index contributed by atoms with van der Waals surface area (Å²) in [4.78, 5) is 13.0. The third-order valence-corrected chi connectivity index (χ3v) is 14.3. The van der Waals surface area contributed by atoms with Gasteiger partial charge in [-0.2, -0.15) is 0 Å². The van der Waals surface area contributed by atoms with Gasteiger partial charge in [0.05, 0.1) is 6.61 Å². The van der Waals surface area contributed by atoms with Gasteiger partial charge in [-0.1, -0.05) is 30.6 Å². The molecule has 0 aromatic heterocycles. The average molecular weight is 502 g/mol. The van der Waals surface area contributed by atoms with Crippen LogP contribution in [0.5, 0.6) is 5.75 Å². The second kappa shape index (κ2) is 12.0. The third-order valence-electron chi connectivity index (χ3n) is 6.59. The fourth-order valence-electron chi connectivity index (χ4n) is 4.48. The zero-order chi connectivity index (χ0) is 23.0. The van der Waals surface area contributed by atoms with Crippen LogP contribution in [0.25, 0.3) is 0 Å². The lowest BCUT2D eigenvalue weighted by atomic mass is 9.98.